The van der Waals surface area contributed by atoms with Crippen LogP contribution in [0.5, 0.6) is 0 Å². The standard InChI is InChI=1S/C29H33F2N3O4S/c1-20(2)32-29(36)27(16-22-8-6-5-7-9-22)33(18-23-12-10-21(3)11-13-23)28(35)19-34(39(4,37)38)24-14-15-25(30)26(31)17-24/h5-15,17,20,27H,16,18-19H2,1-4H3,(H,32,36)/t27-/m1/s1. The molecule has 0 heterocycles. The number of benzene rings is 3. The molecule has 0 aromatic heterocycles. The van der Waals surface area contributed by atoms with E-state index in [0.717, 1.165) is 41.1 Å². The van der Waals surface area contributed by atoms with Gasteiger partial charge in [-0.3, -0.25) is 13.9 Å². The number of aryl methyl sites for hydroxylation is 1. The second-order valence-electron chi connectivity index (χ2n) is 9.74. The van der Waals surface area contributed by atoms with E-state index in [4.69, 9.17) is 0 Å². The molecule has 208 valence electrons. The Morgan fingerprint density at radius 1 is 0.897 bits per heavy atom. The lowest BCUT2D eigenvalue weighted by Crippen LogP contribution is -2.54. The summed E-state index contributed by atoms with van der Waals surface area (Å²) in [5.41, 5.74) is 2.36. The third-order valence-corrected chi connectivity index (χ3v) is 7.19. The van der Waals surface area contributed by atoms with Gasteiger partial charge in [0.25, 0.3) is 0 Å². The summed E-state index contributed by atoms with van der Waals surface area (Å²) in [7, 11) is -4.08. The highest BCUT2D eigenvalue weighted by atomic mass is 32.2. The maximum Gasteiger partial charge on any atom is 0.244 e. The first-order valence-electron chi connectivity index (χ1n) is 12.5. The normalized spacial score (nSPS) is 12.2. The van der Waals surface area contributed by atoms with E-state index in [2.05, 4.69) is 5.32 Å². The van der Waals surface area contributed by atoms with Gasteiger partial charge in [-0.25, -0.2) is 17.2 Å². The zero-order valence-corrected chi connectivity index (χ0v) is 23.2. The molecule has 0 unspecified atom stereocenters. The fourth-order valence-electron chi connectivity index (χ4n) is 4.08. The third-order valence-electron chi connectivity index (χ3n) is 6.05. The van der Waals surface area contributed by atoms with Gasteiger partial charge in [-0.15, -0.1) is 0 Å². The predicted molar refractivity (Wildman–Crippen MR) is 147 cm³/mol. The number of halogens is 2. The van der Waals surface area contributed by atoms with Gasteiger partial charge >= 0.3 is 0 Å². The van der Waals surface area contributed by atoms with Crippen LogP contribution in [0.4, 0.5) is 14.5 Å². The number of carbonyl (C=O) groups is 2. The lowest BCUT2D eigenvalue weighted by molar-refractivity contribution is -0.140. The van der Waals surface area contributed by atoms with Crippen LogP contribution in [0.25, 0.3) is 0 Å². The van der Waals surface area contributed by atoms with E-state index in [1.54, 1.807) is 13.8 Å². The van der Waals surface area contributed by atoms with Gasteiger partial charge in [-0.05, 0) is 44.0 Å². The van der Waals surface area contributed by atoms with Gasteiger partial charge in [-0.1, -0.05) is 60.2 Å². The Kier molecular flexibility index (Phi) is 9.80. The number of anilines is 1. The number of amides is 2. The topological polar surface area (TPSA) is 86.8 Å². The number of sulfonamides is 1. The number of hydrogen-bond donors (Lipinski definition) is 1. The summed E-state index contributed by atoms with van der Waals surface area (Å²) < 4.78 is 53.6. The highest BCUT2D eigenvalue weighted by Crippen LogP contribution is 2.22. The van der Waals surface area contributed by atoms with Crippen molar-refractivity contribution in [1.29, 1.82) is 0 Å². The Morgan fingerprint density at radius 2 is 1.54 bits per heavy atom. The fourth-order valence-corrected chi connectivity index (χ4v) is 4.92. The van der Waals surface area contributed by atoms with Crippen molar-refractivity contribution in [2.75, 3.05) is 17.1 Å². The van der Waals surface area contributed by atoms with Gasteiger partial charge in [0.05, 0.1) is 11.9 Å². The van der Waals surface area contributed by atoms with Gasteiger partial charge in [0, 0.05) is 25.1 Å². The molecule has 0 aliphatic heterocycles. The molecular formula is C29H33F2N3O4S. The summed E-state index contributed by atoms with van der Waals surface area (Å²) in [5.74, 6) is -3.46. The molecule has 3 rings (SSSR count). The number of carbonyl (C=O) groups excluding carboxylic acids is 2. The van der Waals surface area contributed by atoms with Gasteiger partial charge in [0.1, 0.15) is 12.6 Å². The first kappa shape index (κ1) is 29.8. The quantitative estimate of drug-likeness (QED) is 0.383. The van der Waals surface area contributed by atoms with Crippen molar-refractivity contribution in [3.8, 4) is 0 Å². The third kappa shape index (κ3) is 8.35. The van der Waals surface area contributed by atoms with Crippen molar-refractivity contribution >= 4 is 27.5 Å². The van der Waals surface area contributed by atoms with E-state index in [1.165, 1.54) is 4.90 Å². The van der Waals surface area contributed by atoms with Crippen molar-refractivity contribution < 1.29 is 26.8 Å². The van der Waals surface area contributed by atoms with Crippen LogP contribution in [0.15, 0.2) is 72.8 Å². The predicted octanol–water partition coefficient (Wildman–Crippen LogP) is 4.20. The Bertz CT molecular complexity index is 1400. The molecule has 0 bridgehead atoms. The molecule has 0 fully saturated rings. The van der Waals surface area contributed by atoms with Crippen molar-refractivity contribution in [1.82, 2.24) is 10.2 Å². The summed E-state index contributed by atoms with van der Waals surface area (Å²) in [6, 6.07) is 18.0. The Labute approximate surface area is 228 Å². The average molecular weight is 558 g/mol. The molecule has 0 aliphatic rings. The van der Waals surface area contributed by atoms with Crippen LogP contribution in [0, 0.1) is 18.6 Å². The lowest BCUT2D eigenvalue weighted by atomic mass is 10.0. The Hall–Kier alpha value is -3.79. The van der Waals surface area contributed by atoms with Crippen LogP contribution in [0.2, 0.25) is 0 Å². The van der Waals surface area contributed by atoms with Gasteiger partial charge < -0.3 is 10.2 Å². The molecule has 3 aromatic rings. The van der Waals surface area contributed by atoms with Gasteiger partial charge in [0.15, 0.2) is 11.6 Å². The van der Waals surface area contributed by atoms with Crippen molar-refractivity contribution in [3.63, 3.8) is 0 Å². The number of rotatable bonds is 11. The van der Waals surface area contributed by atoms with E-state index >= 15 is 0 Å². The molecule has 10 heteroatoms. The van der Waals surface area contributed by atoms with E-state index in [-0.39, 0.29) is 24.7 Å². The van der Waals surface area contributed by atoms with Crippen LogP contribution < -0.4 is 9.62 Å². The summed E-state index contributed by atoms with van der Waals surface area (Å²) in [6.07, 6.45) is 1.06. The Balaban J connectivity index is 2.06. The molecule has 3 aromatic carbocycles. The first-order chi connectivity index (χ1) is 18.3. The highest BCUT2D eigenvalue weighted by molar-refractivity contribution is 7.92. The van der Waals surface area contributed by atoms with Crippen LogP contribution in [-0.2, 0) is 32.6 Å². The molecule has 0 saturated heterocycles. The maximum absolute atomic E-state index is 14.0. The minimum absolute atomic E-state index is 0.0253. The van der Waals surface area contributed by atoms with Crippen molar-refractivity contribution in [2.45, 2.75) is 45.8 Å². The summed E-state index contributed by atoms with van der Waals surface area (Å²) in [5, 5.41) is 2.87. The van der Waals surface area contributed by atoms with Crippen LogP contribution in [0.3, 0.4) is 0 Å². The van der Waals surface area contributed by atoms with E-state index in [1.807, 2.05) is 61.5 Å². The van der Waals surface area contributed by atoms with Crippen molar-refractivity contribution in [2.24, 2.45) is 0 Å². The van der Waals surface area contributed by atoms with Crippen LogP contribution in [0.1, 0.15) is 30.5 Å². The van der Waals surface area contributed by atoms with Crippen LogP contribution >= 0.6 is 0 Å². The Morgan fingerprint density at radius 3 is 2.10 bits per heavy atom. The average Bonchev–Trinajstić information content (AvgIpc) is 2.87. The highest BCUT2D eigenvalue weighted by Gasteiger charge is 2.33. The minimum Gasteiger partial charge on any atom is -0.352 e. The molecular weight excluding hydrogens is 524 g/mol. The molecule has 1 N–H and O–H groups in total. The molecule has 39 heavy (non-hydrogen) atoms. The number of nitrogens with one attached hydrogen (secondary N) is 1. The second kappa shape index (κ2) is 12.8. The van der Waals surface area contributed by atoms with Gasteiger partial charge in [0.2, 0.25) is 21.8 Å². The summed E-state index contributed by atoms with van der Waals surface area (Å²) in [6.45, 7) is 4.84. The largest absolute Gasteiger partial charge is 0.352 e. The molecule has 2 amide bonds. The van der Waals surface area contributed by atoms with Crippen molar-refractivity contribution in [3.05, 3.63) is 101 Å². The second-order valence-corrected chi connectivity index (χ2v) is 11.7. The van der Waals surface area contributed by atoms with E-state index < -0.39 is 46.1 Å². The molecule has 0 spiro atoms. The van der Waals surface area contributed by atoms with E-state index in [0.29, 0.717) is 4.31 Å². The molecule has 0 saturated carbocycles. The summed E-state index contributed by atoms with van der Waals surface area (Å²) >= 11 is 0. The summed E-state index contributed by atoms with van der Waals surface area (Å²) in [4.78, 5) is 28.7. The number of nitrogens with zero attached hydrogens (tertiary/aromatic N) is 2. The van der Waals surface area contributed by atoms with Crippen LogP contribution in [-0.4, -0.2) is 50.0 Å². The maximum atomic E-state index is 14.0. The lowest BCUT2D eigenvalue weighted by Gasteiger charge is -2.34. The smallest absolute Gasteiger partial charge is 0.244 e. The molecule has 7 nitrogen and oxygen atoms in total. The van der Waals surface area contributed by atoms with E-state index in [9.17, 15) is 26.8 Å². The molecule has 0 aliphatic carbocycles. The first-order valence-corrected chi connectivity index (χ1v) is 14.3. The monoisotopic (exact) mass is 557 g/mol. The molecule has 0 radical (unpaired) electrons. The number of hydrogen-bond acceptors (Lipinski definition) is 4. The molecule has 1 atom stereocenters. The fraction of sp³-hybridized carbons (Fsp3) is 0.310. The zero-order valence-electron chi connectivity index (χ0n) is 22.4. The SMILES string of the molecule is Cc1ccc(CN(C(=O)CN(c2ccc(F)c(F)c2)S(C)(=O)=O)[C@H](Cc2ccccc2)C(=O)NC(C)C)cc1. The zero-order chi connectivity index (χ0) is 28.7. The minimum atomic E-state index is -4.08. The van der Waals surface area contributed by atoms with Gasteiger partial charge in [-0.2, -0.15) is 0 Å².